The molecule has 0 bridgehead atoms. The van der Waals surface area contributed by atoms with Crippen LogP contribution in [0, 0.1) is 0 Å². The van der Waals surface area contributed by atoms with Crippen LogP contribution in [0.3, 0.4) is 0 Å². The Bertz CT molecular complexity index is 421. The highest BCUT2D eigenvalue weighted by atomic mass is 16.5. The highest BCUT2D eigenvalue weighted by Gasteiger charge is 2.29. The summed E-state index contributed by atoms with van der Waals surface area (Å²) >= 11 is 0. The molecule has 0 aromatic heterocycles. The lowest BCUT2D eigenvalue weighted by Crippen LogP contribution is -2.44. The minimum atomic E-state index is 0.436. The summed E-state index contributed by atoms with van der Waals surface area (Å²) in [5.74, 6) is 0. The van der Waals surface area contributed by atoms with Crippen LogP contribution in [0.5, 0.6) is 0 Å². The minimum Gasteiger partial charge on any atom is -0.383 e. The zero-order valence-electron chi connectivity index (χ0n) is 13.8. The second-order valence-corrected chi connectivity index (χ2v) is 6.06. The molecule has 2 atom stereocenters. The van der Waals surface area contributed by atoms with Gasteiger partial charge in [-0.25, -0.2) is 0 Å². The van der Waals surface area contributed by atoms with Crippen LogP contribution in [-0.4, -0.2) is 44.8 Å². The lowest BCUT2D eigenvalue weighted by atomic mass is 9.95. The minimum absolute atomic E-state index is 0.436. The Morgan fingerprint density at radius 1 is 1.33 bits per heavy atom. The smallest absolute Gasteiger partial charge is 0.0589 e. The number of likely N-dealkylation sites (N-methyl/N-ethyl adjacent to an activating group) is 1. The fraction of sp³-hybridized carbons (Fsp3) is 0.667. The zero-order valence-corrected chi connectivity index (χ0v) is 13.8. The molecule has 0 amide bonds. The van der Waals surface area contributed by atoms with E-state index in [1.807, 2.05) is 0 Å². The van der Waals surface area contributed by atoms with Gasteiger partial charge in [0.1, 0.15) is 0 Å². The van der Waals surface area contributed by atoms with Crippen LogP contribution in [0.25, 0.3) is 0 Å². The van der Waals surface area contributed by atoms with E-state index in [2.05, 4.69) is 48.5 Å². The molecule has 0 fully saturated rings. The third-order valence-electron chi connectivity index (χ3n) is 4.55. The summed E-state index contributed by atoms with van der Waals surface area (Å²) in [4.78, 5) is 2.47. The second-order valence-electron chi connectivity index (χ2n) is 6.06. The van der Waals surface area contributed by atoms with Crippen LogP contribution >= 0.6 is 0 Å². The lowest BCUT2D eigenvalue weighted by Gasteiger charge is -2.35. The van der Waals surface area contributed by atoms with Crippen molar-refractivity contribution in [2.45, 2.75) is 44.7 Å². The first kappa shape index (κ1) is 16.5. The van der Waals surface area contributed by atoms with Crippen molar-refractivity contribution in [3.05, 3.63) is 35.4 Å². The first-order valence-corrected chi connectivity index (χ1v) is 8.28. The number of benzene rings is 1. The quantitative estimate of drug-likeness (QED) is 0.781. The molecular weight excluding hydrogens is 260 g/mol. The van der Waals surface area contributed by atoms with Crippen LogP contribution in [0.4, 0.5) is 0 Å². The van der Waals surface area contributed by atoms with Crippen LogP contribution in [0.2, 0.25) is 0 Å². The van der Waals surface area contributed by atoms with Gasteiger partial charge in [0, 0.05) is 25.7 Å². The molecule has 0 saturated carbocycles. The highest BCUT2D eigenvalue weighted by Crippen LogP contribution is 2.31. The average Bonchev–Trinajstić information content (AvgIpc) is 2.70. The fourth-order valence-electron chi connectivity index (χ4n) is 3.36. The van der Waals surface area contributed by atoms with Gasteiger partial charge in [-0.05, 0) is 50.4 Å². The van der Waals surface area contributed by atoms with Crippen molar-refractivity contribution in [1.29, 1.82) is 0 Å². The number of methoxy groups -OCH3 is 1. The van der Waals surface area contributed by atoms with Crippen LogP contribution in [0.1, 0.15) is 43.4 Å². The number of rotatable bonds is 7. The second kappa shape index (κ2) is 8.52. The predicted octanol–water partition coefficient (Wildman–Crippen LogP) is 3.01. The molecule has 0 heterocycles. The Morgan fingerprint density at radius 3 is 2.90 bits per heavy atom. The maximum Gasteiger partial charge on any atom is 0.0589 e. The van der Waals surface area contributed by atoms with Crippen molar-refractivity contribution < 1.29 is 4.74 Å². The van der Waals surface area contributed by atoms with Gasteiger partial charge in [-0.1, -0.05) is 31.2 Å². The van der Waals surface area contributed by atoms with Crippen molar-refractivity contribution in [3.8, 4) is 0 Å². The number of nitrogens with one attached hydrogen (secondary N) is 1. The van der Waals surface area contributed by atoms with Gasteiger partial charge in [0.15, 0.2) is 0 Å². The Morgan fingerprint density at radius 2 is 2.14 bits per heavy atom. The Hall–Kier alpha value is -0.900. The van der Waals surface area contributed by atoms with Crippen molar-refractivity contribution in [2.75, 3.05) is 33.9 Å². The number of hydrogen-bond acceptors (Lipinski definition) is 3. The van der Waals surface area contributed by atoms with Gasteiger partial charge >= 0.3 is 0 Å². The Kier molecular flexibility index (Phi) is 6.68. The molecule has 1 aliphatic rings. The molecule has 3 heteroatoms. The van der Waals surface area contributed by atoms with E-state index in [1.165, 1.54) is 36.8 Å². The molecule has 1 aliphatic carbocycles. The van der Waals surface area contributed by atoms with Gasteiger partial charge in [0.2, 0.25) is 0 Å². The molecule has 2 rings (SSSR count). The van der Waals surface area contributed by atoms with Crippen molar-refractivity contribution in [1.82, 2.24) is 10.2 Å². The molecule has 0 spiro atoms. The first-order chi connectivity index (χ1) is 10.3. The molecule has 0 radical (unpaired) electrons. The third kappa shape index (κ3) is 4.29. The molecule has 2 unspecified atom stereocenters. The molecule has 118 valence electrons. The van der Waals surface area contributed by atoms with E-state index < -0.39 is 0 Å². The van der Waals surface area contributed by atoms with E-state index in [4.69, 9.17) is 4.74 Å². The van der Waals surface area contributed by atoms with E-state index in [0.29, 0.717) is 12.1 Å². The Balaban J connectivity index is 2.21. The molecule has 0 saturated heterocycles. The van der Waals surface area contributed by atoms with Gasteiger partial charge in [0.25, 0.3) is 0 Å². The molecule has 1 aromatic rings. The molecular formula is C18H30N2O. The van der Waals surface area contributed by atoms with E-state index in [0.717, 1.165) is 19.7 Å². The SMILES string of the molecule is CCCNC1c2ccccc2CCCC1N(C)CCOC. The number of fused-ring (bicyclic) bond motifs is 1. The van der Waals surface area contributed by atoms with Crippen LogP contribution in [-0.2, 0) is 11.2 Å². The van der Waals surface area contributed by atoms with Gasteiger partial charge < -0.3 is 10.1 Å². The Labute approximate surface area is 129 Å². The summed E-state index contributed by atoms with van der Waals surface area (Å²) in [5, 5.41) is 3.79. The predicted molar refractivity (Wildman–Crippen MR) is 88.7 cm³/mol. The molecule has 1 aromatic carbocycles. The number of aryl methyl sites for hydroxylation is 1. The van der Waals surface area contributed by atoms with Gasteiger partial charge in [-0.15, -0.1) is 0 Å². The summed E-state index contributed by atoms with van der Waals surface area (Å²) < 4.78 is 5.26. The summed E-state index contributed by atoms with van der Waals surface area (Å²) in [6.45, 7) is 5.11. The van der Waals surface area contributed by atoms with Crippen molar-refractivity contribution in [3.63, 3.8) is 0 Å². The van der Waals surface area contributed by atoms with Crippen molar-refractivity contribution in [2.24, 2.45) is 0 Å². The standard InChI is InChI=1S/C18H30N2O/c1-4-12-19-18-16-10-6-5-8-15(16)9-7-11-17(18)20(2)13-14-21-3/h5-6,8,10,17-19H,4,7,9,11-14H2,1-3H3. The van der Waals surface area contributed by atoms with E-state index in [9.17, 15) is 0 Å². The number of hydrogen-bond donors (Lipinski definition) is 1. The van der Waals surface area contributed by atoms with E-state index >= 15 is 0 Å². The van der Waals surface area contributed by atoms with Crippen LogP contribution < -0.4 is 5.32 Å². The van der Waals surface area contributed by atoms with Gasteiger partial charge in [0.05, 0.1) is 6.61 Å². The van der Waals surface area contributed by atoms with Crippen molar-refractivity contribution >= 4 is 0 Å². The summed E-state index contributed by atoms with van der Waals surface area (Å²) in [7, 11) is 4.02. The van der Waals surface area contributed by atoms with E-state index in [-0.39, 0.29) is 0 Å². The largest absolute Gasteiger partial charge is 0.383 e. The summed E-state index contributed by atoms with van der Waals surface area (Å²) in [5.41, 5.74) is 3.02. The van der Waals surface area contributed by atoms with Crippen LogP contribution in [0.15, 0.2) is 24.3 Å². The molecule has 21 heavy (non-hydrogen) atoms. The van der Waals surface area contributed by atoms with E-state index in [1.54, 1.807) is 7.11 Å². The maximum absolute atomic E-state index is 5.26. The highest BCUT2D eigenvalue weighted by molar-refractivity contribution is 5.32. The van der Waals surface area contributed by atoms with Gasteiger partial charge in [-0.3, -0.25) is 4.90 Å². The topological polar surface area (TPSA) is 24.5 Å². The fourth-order valence-corrected chi connectivity index (χ4v) is 3.36. The molecule has 1 N–H and O–H groups in total. The first-order valence-electron chi connectivity index (χ1n) is 8.28. The lowest BCUT2D eigenvalue weighted by molar-refractivity contribution is 0.118. The molecule has 3 nitrogen and oxygen atoms in total. The summed E-state index contributed by atoms with van der Waals surface area (Å²) in [6, 6.07) is 9.95. The van der Waals surface area contributed by atoms with Gasteiger partial charge in [-0.2, -0.15) is 0 Å². The summed E-state index contributed by atoms with van der Waals surface area (Å²) in [6.07, 6.45) is 4.89. The number of ether oxygens (including phenoxy) is 1. The number of nitrogens with zero attached hydrogens (tertiary/aromatic N) is 1. The average molecular weight is 290 g/mol. The third-order valence-corrected chi connectivity index (χ3v) is 4.55. The monoisotopic (exact) mass is 290 g/mol. The molecule has 0 aliphatic heterocycles. The normalized spacial score (nSPS) is 22.1. The maximum atomic E-state index is 5.26. The zero-order chi connectivity index (χ0) is 15.1.